The van der Waals surface area contributed by atoms with Crippen LogP contribution in [0.1, 0.15) is 17.0 Å². The number of nitrogens with one attached hydrogen (secondary N) is 2. The van der Waals surface area contributed by atoms with Gasteiger partial charge in [-0.25, -0.2) is 14.8 Å². The molecular weight excluding hydrogens is 427 g/mol. The molecule has 32 heavy (non-hydrogen) atoms. The maximum absolute atomic E-state index is 13.7. The molecule has 2 aromatic carbocycles. The Kier molecular flexibility index (Phi) is 5.39. The number of hydrogen-bond acceptors (Lipinski definition) is 5. The highest BCUT2D eigenvalue weighted by molar-refractivity contribution is 5.84. The Morgan fingerprint density at radius 2 is 1.97 bits per heavy atom. The minimum Gasteiger partial charge on any atom is -0.443 e. The summed E-state index contributed by atoms with van der Waals surface area (Å²) in [6, 6.07) is 10.7. The van der Waals surface area contributed by atoms with E-state index >= 15 is 0 Å². The van der Waals surface area contributed by atoms with Crippen molar-refractivity contribution in [1.82, 2.24) is 19.5 Å². The number of H-pyrrole nitrogens is 1. The summed E-state index contributed by atoms with van der Waals surface area (Å²) in [6.45, 7) is 1.22. The van der Waals surface area contributed by atoms with Gasteiger partial charge in [-0.1, -0.05) is 18.2 Å². The number of fused-ring (bicyclic) bond motifs is 1. The summed E-state index contributed by atoms with van der Waals surface area (Å²) in [6.07, 6.45) is -2.91. The van der Waals surface area contributed by atoms with Crippen LogP contribution in [0.3, 0.4) is 0 Å². The van der Waals surface area contributed by atoms with Crippen molar-refractivity contribution in [3.05, 3.63) is 82.3 Å². The number of rotatable bonds is 4. The molecule has 4 rings (SSSR count). The molecule has 0 fully saturated rings. The fourth-order valence-electron chi connectivity index (χ4n) is 3.04. The molecule has 0 radical (unpaired) electrons. The summed E-state index contributed by atoms with van der Waals surface area (Å²) >= 11 is 0. The van der Waals surface area contributed by atoms with E-state index in [0.29, 0.717) is 5.69 Å². The SMILES string of the molecule is Cc1nc2cc(-n3cnc(COC(=O)Nc4ccccc4)c3)c(C(F)(F)F)cc2[nH]c1=O. The average Bonchev–Trinajstić information content (AvgIpc) is 3.21. The molecule has 0 unspecified atom stereocenters. The van der Waals surface area contributed by atoms with Gasteiger partial charge in [0, 0.05) is 11.9 Å². The van der Waals surface area contributed by atoms with E-state index in [1.807, 2.05) is 0 Å². The lowest BCUT2D eigenvalue weighted by Crippen LogP contribution is -2.15. The van der Waals surface area contributed by atoms with Crippen molar-refractivity contribution in [2.24, 2.45) is 0 Å². The first kappa shape index (κ1) is 21.1. The zero-order chi connectivity index (χ0) is 22.9. The third kappa shape index (κ3) is 4.46. The molecule has 2 aromatic heterocycles. The van der Waals surface area contributed by atoms with E-state index in [0.717, 1.165) is 10.6 Å². The van der Waals surface area contributed by atoms with Crippen molar-refractivity contribution in [3.8, 4) is 5.69 Å². The lowest BCUT2D eigenvalue weighted by molar-refractivity contribution is -0.137. The first-order chi connectivity index (χ1) is 15.2. The van der Waals surface area contributed by atoms with Gasteiger partial charge in [0.25, 0.3) is 5.56 Å². The Hall–Kier alpha value is -4.15. The van der Waals surface area contributed by atoms with E-state index in [2.05, 4.69) is 20.3 Å². The van der Waals surface area contributed by atoms with Crippen LogP contribution in [-0.2, 0) is 17.5 Å². The number of carbonyl (C=O) groups excluding carboxylic acids is 1. The molecular formula is C21H16F3N5O3. The molecule has 0 atom stereocenters. The Labute approximate surface area is 178 Å². The van der Waals surface area contributed by atoms with E-state index in [1.165, 1.54) is 25.5 Å². The molecule has 0 aliphatic heterocycles. The number of aryl methyl sites for hydroxylation is 1. The molecule has 8 nitrogen and oxygen atoms in total. The minimum atomic E-state index is -4.69. The molecule has 0 saturated heterocycles. The van der Waals surface area contributed by atoms with Crippen molar-refractivity contribution in [1.29, 1.82) is 0 Å². The quantitative estimate of drug-likeness (QED) is 0.493. The Morgan fingerprint density at radius 3 is 2.69 bits per heavy atom. The topological polar surface area (TPSA) is 102 Å². The van der Waals surface area contributed by atoms with Gasteiger partial charge in [0.1, 0.15) is 12.3 Å². The largest absolute Gasteiger partial charge is 0.443 e. The van der Waals surface area contributed by atoms with Gasteiger partial charge < -0.3 is 14.3 Å². The monoisotopic (exact) mass is 443 g/mol. The normalized spacial score (nSPS) is 11.5. The standard InChI is InChI=1S/C21H16F3N5O3/c1-12-19(30)28-16-7-15(21(22,23)24)18(8-17(16)26-12)29-9-14(25-11-29)10-32-20(31)27-13-5-3-2-4-6-13/h2-9,11H,10H2,1H3,(H,27,31)(H,28,30). The molecule has 1 amide bonds. The number of hydrogen-bond donors (Lipinski definition) is 2. The fraction of sp³-hybridized carbons (Fsp3) is 0.143. The predicted octanol–water partition coefficient (Wildman–Crippen LogP) is 4.18. The third-order valence-electron chi connectivity index (χ3n) is 4.57. The van der Waals surface area contributed by atoms with Crippen LogP contribution in [0.15, 0.2) is 59.8 Å². The number of amides is 1. The Balaban J connectivity index is 1.60. The summed E-state index contributed by atoms with van der Waals surface area (Å²) < 4.78 is 47.3. The third-order valence-corrected chi connectivity index (χ3v) is 4.57. The van der Waals surface area contributed by atoms with Crippen LogP contribution >= 0.6 is 0 Å². The van der Waals surface area contributed by atoms with Gasteiger partial charge in [-0.05, 0) is 31.2 Å². The second kappa shape index (κ2) is 8.17. The second-order valence-corrected chi connectivity index (χ2v) is 6.88. The summed E-state index contributed by atoms with van der Waals surface area (Å²) in [7, 11) is 0. The second-order valence-electron chi connectivity index (χ2n) is 6.88. The van der Waals surface area contributed by atoms with Gasteiger partial charge in [0.15, 0.2) is 0 Å². The highest BCUT2D eigenvalue weighted by Gasteiger charge is 2.35. The molecule has 0 aliphatic rings. The number of benzene rings is 2. The number of alkyl halides is 3. The van der Waals surface area contributed by atoms with Gasteiger partial charge in [-0.3, -0.25) is 10.1 Å². The summed E-state index contributed by atoms with van der Waals surface area (Å²) in [5.41, 5.74) is -0.685. The van der Waals surface area contributed by atoms with Crippen molar-refractivity contribution in [3.63, 3.8) is 0 Å². The Bertz CT molecular complexity index is 1350. The van der Waals surface area contributed by atoms with Crippen LogP contribution in [0, 0.1) is 6.92 Å². The molecule has 0 spiro atoms. The molecule has 0 aliphatic carbocycles. The van der Waals surface area contributed by atoms with Crippen LogP contribution in [0.25, 0.3) is 16.7 Å². The maximum atomic E-state index is 13.7. The number of halogens is 3. The molecule has 2 heterocycles. The van der Waals surface area contributed by atoms with E-state index in [-0.39, 0.29) is 34.7 Å². The van der Waals surface area contributed by atoms with Gasteiger partial charge in [0.05, 0.1) is 34.3 Å². The van der Waals surface area contributed by atoms with Crippen LogP contribution in [-0.4, -0.2) is 25.6 Å². The van der Waals surface area contributed by atoms with Gasteiger partial charge in [-0.2, -0.15) is 13.2 Å². The minimum absolute atomic E-state index is 0.0297. The number of carbonyl (C=O) groups is 1. The van der Waals surface area contributed by atoms with Crippen molar-refractivity contribution >= 4 is 22.8 Å². The number of aromatic amines is 1. The first-order valence-electron chi connectivity index (χ1n) is 9.34. The fourth-order valence-corrected chi connectivity index (χ4v) is 3.04. The van der Waals surface area contributed by atoms with E-state index in [4.69, 9.17) is 4.74 Å². The number of para-hydroxylation sites is 1. The van der Waals surface area contributed by atoms with Gasteiger partial charge >= 0.3 is 12.3 Å². The van der Waals surface area contributed by atoms with Crippen LogP contribution < -0.4 is 10.9 Å². The Morgan fingerprint density at radius 1 is 1.22 bits per heavy atom. The number of anilines is 1. The van der Waals surface area contributed by atoms with Crippen LogP contribution in [0.2, 0.25) is 0 Å². The van der Waals surface area contributed by atoms with Gasteiger partial charge in [-0.15, -0.1) is 0 Å². The number of aromatic nitrogens is 4. The van der Waals surface area contributed by atoms with Crippen molar-refractivity contribution < 1.29 is 22.7 Å². The van der Waals surface area contributed by atoms with Crippen LogP contribution in [0.4, 0.5) is 23.7 Å². The number of nitrogens with zero attached hydrogens (tertiary/aromatic N) is 3. The van der Waals surface area contributed by atoms with Crippen molar-refractivity contribution in [2.45, 2.75) is 19.7 Å². The first-order valence-corrected chi connectivity index (χ1v) is 9.34. The molecule has 164 valence electrons. The predicted molar refractivity (Wildman–Crippen MR) is 109 cm³/mol. The van der Waals surface area contributed by atoms with E-state index in [9.17, 15) is 22.8 Å². The number of ether oxygens (including phenoxy) is 1. The number of imidazole rings is 1. The van der Waals surface area contributed by atoms with Crippen LogP contribution in [0.5, 0.6) is 0 Å². The zero-order valence-electron chi connectivity index (χ0n) is 16.6. The molecule has 0 bridgehead atoms. The smallest absolute Gasteiger partial charge is 0.418 e. The lowest BCUT2D eigenvalue weighted by Gasteiger charge is -2.14. The van der Waals surface area contributed by atoms with Crippen molar-refractivity contribution in [2.75, 3.05) is 5.32 Å². The molecule has 2 N–H and O–H groups in total. The maximum Gasteiger partial charge on any atom is 0.418 e. The molecule has 4 aromatic rings. The zero-order valence-corrected chi connectivity index (χ0v) is 16.6. The lowest BCUT2D eigenvalue weighted by atomic mass is 10.1. The summed E-state index contributed by atoms with van der Waals surface area (Å²) in [4.78, 5) is 34.1. The highest BCUT2D eigenvalue weighted by Crippen LogP contribution is 2.35. The molecule has 11 heteroatoms. The average molecular weight is 443 g/mol. The van der Waals surface area contributed by atoms with Gasteiger partial charge in [0.2, 0.25) is 0 Å². The molecule has 0 saturated carbocycles. The summed E-state index contributed by atoms with van der Waals surface area (Å²) in [5, 5.41) is 2.53. The van der Waals surface area contributed by atoms with E-state index in [1.54, 1.807) is 30.3 Å². The summed E-state index contributed by atoms with van der Waals surface area (Å²) in [5.74, 6) is 0. The van der Waals surface area contributed by atoms with E-state index < -0.39 is 23.4 Å². The highest BCUT2D eigenvalue weighted by atomic mass is 19.4.